The maximum absolute atomic E-state index is 9.03. The number of aromatic hydroxyl groups is 1. The molecule has 1 N–H and O–H groups in total. The molecule has 0 spiro atoms. The normalized spacial score (nSPS) is 9.31. The Morgan fingerprint density at radius 2 is 1.69 bits per heavy atom. The minimum atomic E-state index is 0. The van der Waals surface area contributed by atoms with E-state index in [1.54, 1.807) is 12.1 Å². The van der Waals surface area contributed by atoms with Gasteiger partial charge in [0, 0.05) is 29.6 Å². The van der Waals surface area contributed by atoms with Crippen LogP contribution in [0.1, 0.15) is 31.7 Å². The molecule has 0 atom stereocenters. The van der Waals surface area contributed by atoms with Gasteiger partial charge in [-0.2, -0.15) is 0 Å². The van der Waals surface area contributed by atoms with Crippen molar-refractivity contribution in [3.8, 4) is 5.75 Å². The van der Waals surface area contributed by atoms with Crippen LogP contribution in [0, 0.1) is 0 Å². The zero-order valence-corrected chi connectivity index (χ0v) is 10.6. The Labute approximate surface area is 102 Å². The molecule has 0 aromatic heterocycles. The number of rotatable bonds is 4. The molecule has 67 valence electrons. The molecule has 1 aromatic rings. The van der Waals surface area contributed by atoms with Gasteiger partial charge in [0.2, 0.25) is 0 Å². The molecule has 1 aromatic carbocycles. The molecule has 1 rings (SSSR count). The predicted molar refractivity (Wildman–Crippen MR) is 57.1 cm³/mol. The third kappa shape index (κ3) is 5.35. The van der Waals surface area contributed by atoms with E-state index in [1.807, 2.05) is 12.1 Å². The molecule has 0 unspecified atom stereocenters. The van der Waals surface area contributed by atoms with E-state index in [0.29, 0.717) is 5.75 Å². The Morgan fingerprint density at radius 1 is 1.08 bits per heavy atom. The van der Waals surface area contributed by atoms with Gasteiger partial charge in [-0.3, -0.25) is 0 Å². The number of aryl methyl sites for hydroxylation is 1. The molecule has 0 aliphatic rings. The van der Waals surface area contributed by atoms with E-state index < -0.39 is 0 Å². The van der Waals surface area contributed by atoms with Gasteiger partial charge in [0.25, 0.3) is 0 Å². The fourth-order valence-corrected chi connectivity index (χ4v) is 1.24. The third-order valence-corrected chi connectivity index (χ3v) is 2.01. The van der Waals surface area contributed by atoms with Gasteiger partial charge in [0.05, 0.1) is 0 Å². The molecule has 0 amide bonds. The zero-order chi connectivity index (χ0) is 8.81. The fraction of sp³-hybridized carbons (Fsp3) is 0.455. The van der Waals surface area contributed by atoms with Crippen LogP contribution in [-0.2, 0) is 6.42 Å². The molecule has 1 nitrogen and oxygen atoms in total. The molecule has 0 bridgehead atoms. The van der Waals surface area contributed by atoms with Crippen molar-refractivity contribution in [1.82, 2.24) is 0 Å². The standard InChI is InChI=1S/C11H16O.Na/c1-2-3-4-5-10-6-8-11(12)9-7-10;/h6-9,12H,2-5H2,1H3;. The summed E-state index contributed by atoms with van der Waals surface area (Å²) in [5.41, 5.74) is 1.32. The van der Waals surface area contributed by atoms with Crippen molar-refractivity contribution in [1.29, 1.82) is 0 Å². The van der Waals surface area contributed by atoms with Crippen LogP contribution in [0.2, 0.25) is 0 Å². The van der Waals surface area contributed by atoms with Crippen molar-refractivity contribution < 1.29 is 5.11 Å². The van der Waals surface area contributed by atoms with Crippen molar-refractivity contribution >= 4 is 29.6 Å². The number of phenolic OH excluding ortho intramolecular Hbond substituents is 1. The molecule has 0 saturated carbocycles. The van der Waals surface area contributed by atoms with Crippen LogP contribution in [0.5, 0.6) is 5.75 Å². The van der Waals surface area contributed by atoms with Gasteiger partial charge >= 0.3 is 0 Å². The van der Waals surface area contributed by atoms with Gasteiger partial charge in [-0.25, -0.2) is 0 Å². The third-order valence-electron chi connectivity index (χ3n) is 2.01. The summed E-state index contributed by atoms with van der Waals surface area (Å²) in [6.07, 6.45) is 4.94. The number of benzene rings is 1. The van der Waals surface area contributed by atoms with Crippen molar-refractivity contribution in [3.63, 3.8) is 0 Å². The molecular formula is C11H16NaO. The summed E-state index contributed by atoms with van der Waals surface area (Å²) in [5.74, 6) is 0.356. The molecule has 0 saturated heterocycles. The van der Waals surface area contributed by atoms with E-state index in [2.05, 4.69) is 6.92 Å². The second kappa shape index (κ2) is 7.43. The average molecular weight is 187 g/mol. The first-order valence-corrected chi connectivity index (χ1v) is 4.61. The van der Waals surface area contributed by atoms with E-state index in [1.165, 1.54) is 24.8 Å². The Morgan fingerprint density at radius 3 is 2.23 bits per heavy atom. The summed E-state index contributed by atoms with van der Waals surface area (Å²) in [6.45, 7) is 2.21. The van der Waals surface area contributed by atoms with E-state index in [0.717, 1.165) is 6.42 Å². The van der Waals surface area contributed by atoms with Crippen LogP contribution in [-0.4, -0.2) is 34.7 Å². The number of unbranched alkanes of at least 4 members (excludes halogenated alkanes) is 2. The molecule has 0 heterocycles. The van der Waals surface area contributed by atoms with Crippen molar-refractivity contribution in [2.24, 2.45) is 0 Å². The van der Waals surface area contributed by atoms with E-state index in [9.17, 15) is 0 Å². The zero-order valence-electron chi connectivity index (χ0n) is 8.59. The topological polar surface area (TPSA) is 20.2 Å². The van der Waals surface area contributed by atoms with Gasteiger partial charge in [-0.05, 0) is 30.5 Å². The Hall–Kier alpha value is 0.0200. The van der Waals surface area contributed by atoms with Crippen LogP contribution >= 0.6 is 0 Å². The van der Waals surface area contributed by atoms with Gasteiger partial charge in [0.15, 0.2) is 0 Å². The van der Waals surface area contributed by atoms with Crippen LogP contribution < -0.4 is 0 Å². The van der Waals surface area contributed by atoms with Gasteiger partial charge < -0.3 is 5.11 Å². The average Bonchev–Trinajstić information content (AvgIpc) is 2.09. The minimum absolute atomic E-state index is 0. The smallest absolute Gasteiger partial charge is 0.115 e. The molecular weight excluding hydrogens is 171 g/mol. The Balaban J connectivity index is 0.00000144. The van der Waals surface area contributed by atoms with Crippen molar-refractivity contribution in [2.75, 3.05) is 0 Å². The number of hydrogen-bond acceptors (Lipinski definition) is 1. The Bertz CT molecular complexity index is 218. The van der Waals surface area contributed by atoms with E-state index in [4.69, 9.17) is 5.11 Å². The number of hydrogen-bond donors (Lipinski definition) is 1. The van der Waals surface area contributed by atoms with Gasteiger partial charge in [-0.1, -0.05) is 31.9 Å². The van der Waals surface area contributed by atoms with Crippen molar-refractivity contribution in [2.45, 2.75) is 32.6 Å². The molecule has 2 heteroatoms. The molecule has 13 heavy (non-hydrogen) atoms. The molecule has 0 aliphatic carbocycles. The molecule has 0 fully saturated rings. The summed E-state index contributed by atoms with van der Waals surface area (Å²) in [4.78, 5) is 0. The van der Waals surface area contributed by atoms with Crippen LogP contribution in [0.3, 0.4) is 0 Å². The summed E-state index contributed by atoms with van der Waals surface area (Å²) in [6, 6.07) is 7.48. The molecule has 0 aliphatic heterocycles. The maximum Gasteiger partial charge on any atom is 0.115 e. The first kappa shape index (κ1) is 13.0. The first-order valence-electron chi connectivity index (χ1n) is 4.61. The number of phenols is 1. The van der Waals surface area contributed by atoms with Crippen LogP contribution in [0.15, 0.2) is 24.3 Å². The van der Waals surface area contributed by atoms with Gasteiger partial charge in [0.1, 0.15) is 5.75 Å². The Kier molecular flexibility index (Phi) is 7.44. The quantitative estimate of drug-likeness (QED) is 0.567. The van der Waals surface area contributed by atoms with Crippen molar-refractivity contribution in [3.05, 3.63) is 29.8 Å². The second-order valence-electron chi connectivity index (χ2n) is 3.12. The fourth-order valence-electron chi connectivity index (χ4n) is 1.24. The molecule has 1 radical (unpaired) electrons. The van der Waals surface area contributed by atoms with Crippen LogP contribution in [0.25, 0.3) is 0 Å². The summed E-state index contributed by atoms with van der Waals surface area (Å²) >= 11 is 0. The largest absolute Gasteiger partial charge is 0.508 e. The van der Waals surface area contributed by atoms with E-state index >= 15 is 0 Å². The van der Waals surface area contributed by atoms with Crippen LogP contribution in [0.4, 0.5) is 0 Å². The summed E-state index contributed by atoms with van der Waals surface area (Å²) in [7, 11) is 0. The summed E-state index contributed by atoms with van der Waals surface area (Å²) in [5, 5.41) is 9.03. The van der Waals surface area contributed by atoms with E-state index in [-0.39, 0.29) is 29.6 Å². The summed E-state index contributed by atoms with van der Waals surface area (Å²) < 4.78 is 0. The SMILES string of the molecule is CCCCCc1ccc(O)cc1.[Na]. The minimum Gasteiger partial charge on any atom is -0.508 e. The first-order chi connectivity index (χ1) is 5.83. The second-order valence-corrected chi connectivity index (χ2v) is 3.12. The monoisotopic (exact) mass is 187 g/mol. The maximum atomic E-state index is 9.03. The predicted octanol–water partition coefficient (Wildman–Crippen LogP) is 2.74. The van der Waals surface area contributed by atoms with Gasteiger partial charge in [-0.15, -0.1) is 0 Å².